The molecule has 1 aliphatic carbocycles. The van der Waals surface area contributed by atoms with Crippen molar-refractivity contribution in [1.29, 1.82) is 0 Å². The molecule has 1 amide bonds. The minimum atomic E-state index is -3.10. The van der Waals surface area contributed by atoms with Crippen molar-refractivity contribution in [2.45, 2.75) is 37.3 Å². The van der Waals surface area contributed by atoms with Crippen LogP contribution in [0.15, 0.2) is 0 Å². The molecule has 0 radical (unpaired) electrons. The smallest absolute Gasteiger partial charge is 0.240 e. The van der Waals surface area contributed by atoms with Gasteiger partial charge in [-0.05, 0) is 25.7 Å². The highest BCUT2D eigenvalue weighted by molar-refractivity contribution is 7.88. The molecule has 0 unspecified atom stereocenters. The number of hydrogen-bond acceptors (Lipinski definition) is 4. The third-order valence-corrected chi connectivity index (χ3v) is 4.80. The lowest BCUT2D eigenvalue weighted by molar-refractivity contribution is -0.124. The first-order chi connectivity index (χ1) is 7.81. The van der Waals surface area contributed by atoms with Crippen molar-refractivity contribution in [3.8, 4) is 0 Å². The summed E-state index contributed by atoms with van der Waals surface area (Å²) in [5, 5.41) is 2.91. The normalized spacial score (nSPS) is 25.5. The summed E-state index contributed by atoms with van der Waals surface area (Å²) in [5.74, 6) is -0.0877. The topological polar surface area (TPSA) is 92.5 Å². The number of sulfonamides is 1. The lowest BCUT2D eigenvalue weighted by Crippen LogP contribution is -2.51. The standard InChI is InChI=1S/C10H19N3O3S/c1-17(15,16)13-6-2-8(3-7-13)12-9(14)10(11)4-5-10/h8H,2-7,11H2,1H3,(H,12,14). The van der Waals surface area contributed by atoms with E-state index in [9.17, 15) is 13.2 Å². The highest BCUT2D eigenvalue weighted by atomic mass is 32.2. The van der Waals surface area contributed by atoms with E-state index >= 15 is 0 Å². The maximum absolute atomic E-state index is 11.7. The van der Waals surface area contributed by atoms with Gasteiger partial charge < -0.3 is 11.1 Å². The molecule has 0 atom stereocenters. The summed E-state index contributed by atoms with van der Waals surface area (Å²) < 4.78 is 24.1. The summed E-state index contributed by atoms with van der Waals surface area (Å²) in [5.41, 5.74) is 5.14. The van der Waals surface area contributed by atoms with Crippen molar-refractivity contribution in [3.05, 3.63) is 0 Å². The molecule has 98 valence electrons. The number of nitrogens with two attached hydrogens (primary N) is 1. The summed E-state index contributed by atoms with van der Waals surface area (Å²) in [7, 11) is -3.10. The fraction of sp³-hybridized carbons (Fsp3) is 0.900. The molecule has 1 heterocycles. The summed E-state index contributed by atoms with van der Waals surface area (Å²) in [4.78, 5) is 11.7. The van der Waals surface area contributed by atoms with Gasteiger partial charge in [-0.25, -0.2) is 12.7 Å². The van der Waals surface area contributed by atoms with Crippen molar-refractivity contribution in [3.63, 3.8) is 0 Å². The van der Waals surface area contributed by atoms with Gasteiger partial charge in [-0.3, -0.25) is 4.79 Å². The number of hydrogen-bond donors (Lipinski definition) is 2. The second kappa shape index (κ2) is 4.22. The molecule has 7 heteroatoms. The maximum Gasteiger partial charge on any atom is 0.240 e. The van der Waals surface area contributed by atoms with E-state index in [0.29, 0.717) is 25.9 Å². The molecule has 0 aromatic heterocycles. The van der Waals surface area contributed by atoms with E-state index in [4.69, 9.17) is 5.73 Å². The Morgan fingerprint density at radius 2 is 1.88 bits per heavy atom. The molecule has 1 saturated heterocycles. The molecule has 2 rings (SSSR count). The molecule has 17 heavy (non-hydrogen) atoms. The molecule has 0 aromatic carbocycles. The van der Waals surface area contributed by atoms with Crippen LogP contribution in [0.1, 0.15) is 25.7 Å². The highest BCUT2D eigenvalue weighted by Crippen LogP contribution is 2.32. The maximum atomic E-state index is 11.7. The Balaban J connectivity index is 1.82. The zero-order chi connectivity index (χ0) is 12.7. The van der Waals surface area contributed by atoms with Crippen LogP contribution in [0.3, 0.4) is 0 Å². The fourth-order valence-electron chi connectivity index (χ4n) is 2.02. The largest absolute Gasteiger partial charge is 0.352 e. The molecule has 1 aliphatic heterocycles. The number of carbonyl (C=O) groups excluding carboxylic acids is 1. The predicted molar refractivity (Wildman–Crippen MR) is 63.7 cm³/mol. The fourth-order valence-corrected chi connectivity index (χ4v) is 2.90. The van der Waals surface area contributed by atoms with Crippen molar-refractivity contribution in [2.75, 3.05) is 19.3 Å². The Labute approximate surface area is 102 Å². The quantitative estimate of drug-likeness (QED) is 0.683. The van der Waals surface area contributed by atoms with Crippen molar-refractivity contribution >= 4 is 15.9 Å². The van der Waals surface area contributed by atoms with E-state index in [0.717, 1.165) is 12.8 Å². The Bertz CT molecular complexity index is 409. The molecular weight excluding hydrogens is 242 g/mol. The van der Waals surface area contributed by atoms with Gasteiger partial charge in [-0.15, -0.1) is 0 Å². The number of rotatable bonds is 3. The Morgan fingerprint density at radius 3 is 2.29 bits per heavy atom. The lowest BCUT2D eigenvalue weighted by Gasteiger charge is -2.31. The summed E-state index contributed by atoms with van der Waals surface area (Å²) in [6.07, 6.45) is 4.04. The average Bonchev–Trinajstić information content (AvgIpc) is 2.97. The van der Waals surface area contributed by atoms with E-state index < -0.39 is 15.6 Å². The lowest BCUT2D eigenvalue weighted by atomic mass is 10.1. The van der Waals surface area contributed by atoms with Crippen LogP contribution in [-0.2, 0) is 14.8 Å². The SMILES string of the molecule is CS(=O)(=O)N1CCC(NC(=O)C2(N)CC2)CC1. The second-order valence-electron chi connectivity index (χ2n) is 5.07. The summed E-state index contributed by atoms with van der Waals surface area (Å²) >= 11 is 0. The van der Waals surface area contributed by atoms with Crippen LogP contribution in [0.4, 0.5) is 0 Å². The van der Waals surface area contributed by atoms with Crippen molar-refractivity contribution < 1.29 is 13.2 Å². The Hall–Kier alpha value is -0.660. The van der Waals surface area contributed by atoms with Gasteiger partial charge in [0.25, 0.3) is 0 Å². The van der Waals surface area contributed by atoms with Crippen LogP contribution < -0.4 is 11.1 Å². The molecule has 0 spiro atoms. The van der Waals surface area contributed by atoms with E-state index in [-0.39, 0.29) is 11.9 Å². The second-order valence-corrected chi connectivity index (χ2v) is 7.05. The van der Waals surface area contributed by atoms with Gasteiger partial charge in [0, 0.05) is 19.1 Å². The number of amides is 1. The van der Waals surface area contributed by atoms with E-state index in [1.165, 1.54) is 10.6 Å². The van der Waals surface area contributed by atoms with Gasteiger partial charge in [0.15, 0.2) is 0 Å². The zero-order valence-electron chi connectivity index (χ0n) is 9.98. The van der Waals surface area contributed by atoms with Gasteiger partial charge in [-0.2, -0.15) is 0 Å². The van der Waals surface area contributed by atoms with E-state index in [2.05, 4.69) is 5.32 Å². The molecular formula is C10H19N3O3S. The van der Waals surface area contributed by atoms with Crippen LogP contribution in [0, 0.1) is 0 Å². The van der Waals surface area contributed by atoms with E-state index in [1.54, 1.807) is 0 Å². The molecule has 0 aromatic rings. The predicted octanol–water partition coefficient (Wildman–Crippen LogP) is -0.982. The summed E-state index contributed by atoms with van der Waals surface area (Å²) in [6, 6.07) is 0.0570. The summed E-state index contributed by atoms with van der Waals surface area (Å²) in [6.45, 7) is 0.947. The number of piperidine rings is 1. The van der Waals surface area contributed by atoms with E-state index in [1.807, 2.05) is 0 Å². The number of nitrogens with zero attached hydrogens (tertiary/aromatic N) is 1. The highest BCUT2D eigenvalue weighted by Gasteiger charge is 2.46. The monoisotopic (exact) mass is 261 g/mol. The van der Waals surface area contributed by atoms with Crippen LogP contribution in [0.25, 0.3) is 0 Å². The van der Waals surface area contributed by atoms with Crippen molar-refractivity contribution in [2.24, 2.45) is 5.73 Å². The third-order valence-electron chi connectivity index (χ3n) is 3.50. The number of nitrogens with one attached hydrogen (secondary N) is 1. The van der Waals surface area contributed by atoms with Gasteiger partial charge in [0.1, 0.15) is 0 Å². The Kier molecular flexibility index (Phi) is 3.17. The third kappa shape index (κ3) is 2.97. The molecule has 6 nitrogen and oxygen atoms in total. The molecule has 2 fully saturated rings. The average molecular weight is 261 g/mol. The minimum absolute atomic E-state index is 0.0570. The van der Waals surface area contributed by atoms with Gasteiger partial charge in [0.05, 0.1) is 11.8 Å². The zero-order valence-corrected chi connectivity index (χ0v) is 10.8. The first-order valence-electron chi connectivity index (χ1n) is 5.86. The van der Waals surface area contributed by atoms with Crippen LogP contribution >= 0.6 is 0 Å². The van der Waals surface area contributed by atoms with Crippen LogP contribution in [0.2, 0.25) is 0 Å². The Morgan fingerprint density at radius 1 is 1.35 bits per heavy atom. The van der Waals surface area contributed by atoms with Gasteiger partial charge in [-0.1, -0.05) is 0 Å². The van der Waals surface area contributed by atoms with Crippen molar-refractivity contribution in [1.82, 2.24) is 9.62 Å². The first-order valence-corrected chi connectivity index (χ1v) is 7.71. The molecule has 0 bridgehead atoms. The first kappa shape index (κ1) is 12.8. The molecule has 1 saturated carbocycles. The molecule has 3 N–H and O–H groups in total. The van der Waals surface area contributed by atoms with Gasteiger partial charge >= 0.3 is 0 Å². The van der Waals surface area contributed by atoms with Crippen LogP contribution in [0.5, 0.6) is 0 Å². The number of carbonyl (C=O) groups is 1. The van der Waals surface area contributed by atoms with Gasteiger partial charge in [0.2, 0.25) is 15.9 Å². The molecule has 2 aliphatic rings. The van der Waals surface area contributed by atoms with Crippen LogP contribution in [-0.4, -0.2) is 49.6 Å². The minimum Gasteiger partial charge on any atom is -0.352 e.